The van der Waals surface area contributed by atoms with Crippen molar-refractivity contribution in [3.8, 4) is 11.8 Å². The molecule has 1 unspecified atom stereocenters. The third-order valence-electron chi connectivity index (χ3n) is 2.90. The number of carbonyl (C=O) groups is 1. The standard InChI is InChI=1S/C12H12N2O2/c1-14-11-4-3-8(16-2)7-10(11)9(5-6-13)12(14)15/h3-4,7,9H,5H2,1-2H3. The predicted octanol–water partition coefficient (Wildman–Crippen LogP) is 1.67. The summed E-state index contributed by atoms with van der Waals surface area (Å²) in [6, 6.07) is 7.55. The topological polar surface area (TPSA) is 53.3 Å². The van der Waals surface area contributed by atoms with Crippen LogP contribution in [0.5, 0.6) is 5.75 Å². The van der Waals surface area contributed by atoms with Gasteiger partial charge in [0.05, 0.1) is 25.5 Å². The average molecular weight is 216 g/mol. The lowest BCUT2D eigenvalue weighted by Crippen LogP contribution is -2.23. The van der Waals surface area contributed by atoms with Gasteiger partial charge in [0.1, 0.15) is 5.75 Å². The van der Waals surface area contributed by atoms with Crippen LogP contribution < -0.4 is 9.64 Å². The Labute approximate surface area is 94.0 Å². The molecule has 0 saturated heterocycles. The van der Waals surface area contributed by atoms with Crippen molar-refractivity contribution < 1.29 is 9.53 Å². The largest absolute Gasteiger partial charge is 0.497 e. The SMILES string of the molecule is COc1ccc2c(c1)C(CC#N)C(=O)N2C. The average Bonchev–Trinajstić information content (AvgIpc) is 2.54. The number of anilines is 1. The lowest BCUT2D eigenvalue weighted by atomic mass is 9.98. The molecule has 16 heavy (non-hydrogen) atoms. The molecular formula is C12H12N2O2. The zero-order valence-corrected chi connectivity index (χ0v) is 9.23. The fraction of sp³-hybridized carbons (Fsp3) is 0.333. The number of fused-ring (bicyclic) bond motifs is 1. The molecule has 0 N–H and O–H groups in total. The Balaban J connectivity index is 2.49. The number of likely N-dealkylation sites (N-methyl/N-ethyl adjacent to an activating group) is 1. The van der Waals surface area contributed by atoms with Crippen molar-refractivity contribution >= 4 is 11.6 Å². The molecule has 2 rings (SSSR count). The van der Waals surface area contributed by atoms with Gasteiger partial charge in [0, 0.05) is 12.7 Å². The van der Waals surface area contributed by atoms with E-state index in [1.807, 2.05) is 18.2 Å². The fourth-order valence-corrected chi connectivity index (χ4v) is 2.02. The highest BCUT2D eigenvalue weighted by Crippen LogP contribution is 2.39. The smallest absolute Gasteiger partial charge is 0.235 e. The minimum atomic E-state index is -0.347. The van der Waals surface area contributed by atoms with E-state index in [-0.39, 0.29) is 18.2 Å². The molecule has 82 valence electrons. The molecule has 1 atom stereocenters. The maximum atomic E-state index is 11.9. The van der Waals surface area contributed by atoms with E-state index in [1.54, 1.807) is 19.1 Å². The Hall–Kier alpha value is -2.02. The number of amides is 1. The Kier molecular flexibility index (Phi) is 2.53. The minimum absolute atomic E-state index is 0.0233. The van der Waals surface area contributed by atoms with Gasteiger partial charge in [0.15, 0.2) is 0 Å². The van der Waals surface area contributed by atoms with Gasteiger partial charge in [-0.25, -0.2) is 0 Å². The highest BCUT2D eigenvalue weighted by molar-refractivity contribution is 6.04. The number of carbonyl (C=O) groups excluding carboxylic acids is 1. The number of benzene rings is 1. The normalized spacial score (nSPS) is 18.2. The summed E-state index contributed by atoms with van der Waals surface area (Å²) in [6.07, 6.45) is 0.212. The Morgan fingerprint density at radius 1 is 1.56 bits per heavy atom. The van der Waals surface area contributed by atoms with Crippen LogP contribution in [0.4, 0.5) is 5.69 Å². The van der Waals surface area contributed by atoms with Crippen LogP contribution in [0.3, 0.4) is 0 Å². The highest BCUT2D eigenvalue weighted by Gasteiger charge is 2.35. The van der Waals surface area contributed by atoms with Crippen molar-refractivity contribution in [2.24, 2.45) is 0 Å². The summed E-state index contributed by atoms with van der Waals surface area (Å²) in [4.78, 5) is 13.5. The molecule has 0 aromatic heterocycles. The quantitative estimate of drug-likeness (QED) is 0.755. The maximum Gasteiger partial charge on any atom is 0.235 e. The molecule has 1 aromatic carbocycles. The molecule has 1 aromatic rings. The van der Waals surface area contributed by atoms with E-state index in [4.69, 9.17) is 10.00 Å². The first-order chi connectivity index (χ1) is 7.69. The van der Waals surface area contributed by atoms with E-state index in [2.05, 4.69) is 6.07 Å². The number of methoxy groups -OCH3 is 1. The number of rotatable bonds is 2. The van der Waals surface area contributed by atoms with Crippen molar-refractivity contribution in [2.75, 3.05) is 19.1 Å². The van der Waals surface area contributed by atoms with Crippen LogP contribution in [0.1, 0.15) is 17.9 Å². The summed E-state index contributed by atoms with van der Waals surface area (Å²) < 4.78 is 5.12. The summed E-state index contributed by atoms with van der Waals surface area (Å²) in [5, 5.41) is 8.73. The van der Waals surface area contributed by atoms with Crippen molar-refractivity contribution in [1.29, 1.82) is 5.26 Å². The molecular weight excluding hydrogens is 204 g/mol. The van der Waals surface area contributed by atoms with Crippen LogP contribution in [0.2, 0.25) is 0 Å². The number of nitriles is 1. The Morgan fingerprint density at radius 2 is 2.31 bits per heavy atom. The van der Waals surface area contributed by atoms with Gasteiger partial charge >= 0.3 is 0 Å². The number of hydrogen-bond donors (Lipinski definition) is 0. The molecule has 1 amide bonds. The molecule has 1 aliphatic heterocycles. The molecule has 4 nitrogen and oxygen atoms in total. The van der Waals surface area contributed by atoms with Gasteiger partial charge in [0.25, 0.3) is 0 Å². The molecule has 0 bridgehead atoms. The molecule has 0 aliphatic carbocycles. The number of ether oxygens (including phenoxy) is 1. The van der Waals surface area contributed by atoms with Crippen LogP contribution in [0.25, 0.3) is 0 Å². The summed E-state index contributed by atoms with van der Waals surface area (Å²) >= 11 is 0. The molecule has 0 spiro atoms. The summed E-state index contributed by atoms with van der Waals surface area (Å²) in [5.74, 6) is 0.342. The predicted molar refractivity (Wildman–Crippen MR) is 59.4 cm³/mol. The maximum absolute atomic E-state index is 11.9. The third kappa shape index (κ3) is 1.41. The Morgan fingerprint density at radius 3 is 2.94 bits per heavy atom. The van der Waals surface area contributed by atoms with Crippen LogP contribution in [-0.4, -0.2) is 20.1 Å². The molecule has 1 aliphatic rings. The first-order valence-corrected chi connectivity index (χ1v) is 5.01. The third-order valence-corrected chi connectivity index (χ3v) is 2.90. The van der Waals surface area contributed by atoms with Crippen molar-refractivity contribution in [1.82, 2.24) is 0 Å². The minimum Gasteiger partial charge on any atom is -0.497 e. The highest BCUT2D eigenvalue weighted by atomic mass is 16.5. The van der Waals surface area contributed by atoms with E-state index < -0.39 is 0 Å². The van der Waals surface area contributed by atoms with Crippen LogP contribution >= 0.6 is 0 Å². The van der Waals surface area contributed by atoms with Gasteiger partial charge < -0.3 is 9.64 Å². The second-order valence-corrected chi connectivity index (χ2v) is 3.74. The Bertz CT molecular complexity index is 476. The summed E-state index contributed by atoms with van der Waals surface area (Å²) in [5.41, 5.74) is 1.75. The van der Waals surface area contributed by atoms with E-state index in [0.717, 1.165) is 11.3 Å². The zero-order chi connectivity index (χ0) is 11.7. The summed E-state index contributed by atoms with van der Waals surface area (Å²) in [6.45, 7) is 0. The molecule has 0 radical (unpaired) electrons. The number of nitrogens with zero attached hydrogens (tertiary/aromatic N) is 2. The van der Waals surface area contributed by atoms with Gasteiger partial charge in [-0.05, 0) is 23.8 Å². The lowest BCUT2D eigenvalue weighted by molar-refractivity contribution is -0.118. The first kappa shape index (κ1) is 10.5. The van der Waals surface area contributed by atoms with E-state index in [1.165, 1.54) is 0 Å². The number of hydrogen-bond acceptors (Lipinski definition) is 3. The van der Waals surface area contributed by atoms with Crippen molar-refractivity contribution in [3.63, 3.8) is 0 Å². The van der Waals surface area contributed by atoms with Crippen LogP contribution in [0, 0.1) is 11.3 Å². The second kappa shape index (κ2) is 3.86. The lowest BCUT2D eigenvalue weighted by Gasteiger charge is -2.09. The van der Waals surface area contributed by atoms with E-state index in [9.17, 15) is 4.79 Å². The second-order valence-electron chi connectivity index (χ2n) is 3.74. The first-order valence-electron chi connectivity index (χ1n) is 5.01. The van der Waals surface area contributed by atoms with E-state index >= 15 is 0 Å². The van der Waals surface area contributed by atoms with Gasteiger partial charge in [-0.1, -0.05) is 0 Å². The molecule has 0 fully saturated rings. The van der Waals surface area contributed by atoms with Crippen LogP contribution in [-0.2, 0) is 4.79 Å². The van der Waals surface area contributed by atoms with Gasteiger partial charge in [-0.3, -0.25) is 4.79 Å². The molecule has 0 saturated carbocycles. The monoisotopic (exact) mass is 216 g/mol. The van der Waals surface area contributed by atoms with Crippen molar-refractivity contribution in [3.05, 3.63) is 23.8 Å². The zero-order valence-electron chi connectivity index (χ0n) is 9.23. The van der Waals surface area contributed by atoms with Gasteiger partial charge in [0.2, 0.25) is 5.91 Å². The molecule has 1 heterocycles. The van der Waals surface area contributed by atoms with Gasteiger partial charge in [-0.15, -0.1) is 0 Å². The fourth-order valence-electron chi connectivity index (χ4n) is 2.02. The van der Waals surface area contributed by atoms with Gasteiger partial charge in [-0.2, -0.15) is 5.26 Å². The summed E-state index contributed by atoms with van der Waals surface area (Å²) in [7, 11) is 3.31. The van der Waals surface area contributed by atoms with Crippen LogP contribution in [0.15, 0.2) is 18.2 Å². The van der Waals surface area contributed by atoms with E-state index in [0.29, 0.717) is 5.75 Å². The molecule has 4 heteroatoms. The van der Waals surface area contributed by atoms with Crippen molar-refractivity contribution in [2.45, 2.75) is 12.3 Å².